The largest absolute Gasteiger partial charge is 0.347 e. The summed E-state index contributed by atoms with van der Waals surface area (Å²) >= 11 is 0. The summed E-state index contributed by atoms with van der Waals surface area (Å²) < 4.78 is 11.3. The van der Waals surface area contributed by atoms with Crippen LogP contribution in [0.25, 0.3) is 0 Å². The number of hydrogen-bond acceptors (Lipinski definition) is 3. The van der Waals surface area contributed by atoms with Gasteiger partial charge in [0.05, 0.1) is 25.2 Å². The molecule has 1 unspecified atom stereocenters. The number of nitriles is 1. The second-order valence-corrected chi connectivity index (χ2v) is 3.53. The molecule has 1 aliphatic heterocycles. The van der Waals surface area contributed by atoms with Crippen LogP contribution in [0.4, 0.5) is 0 Å². The maximum atomic E-state index is 8.47. The lowest BCUT2D eigenvalue weighted by atomic mass is 10.2. The van der Waals surface area contributed by atoms with Crippen LogP contribution in [0.3, 0.4) is 0 Å². The summed E-state index contributed by atoms with van der Waals surface area (Å²) in [6.07, 6.45) is 4.89. The monoisotopic (exact) mass is 167 g/mol. The molecule has 2 rings (SSSR count). The molecule has 0 amide bonds. The zero-order valence-electron chi connectivity index (χ0n) is 7.08. The first kappa shape index (κ1) is 8.03. The average Bonchev–Trinajstić information content (AvgIpc) is 2.65. The minimum atomic E-state index is -0.290. The first-order valence-electron chi connectivity index (χ1n) is 4.53. The molecule has 1 saturated carbocycles. The lowest BCUT2D eigenvalue weighted by Gasteiger charge is -2.21. The summed E-state index contributed by atoms with van der Waals surface area (Å²) in [5.41, 5.74) is 0. The smallest absolute Gasteiger partial charge is 0.168 e. The minimum Gasteiger partial charge on any atom is -0.347 e. The van der Waals surface area contributed by atoms with Crippen molar-refractivity contribution in [3.8, 4) is 6.07 Å². The molecule has 1 heterocycles. The van der Waals surface area contributed by atoms with Gasteiger partial charge in [0.25, 0.3) is 0 Å². The van der Waals surface area contributed by atoms with E-state index in [1.807, 2.05) is 0 Å². The van der Waals surface area contributed by atoms with Gasteiger partial charge in [-0.2, -0.15) is 5.26 Å². The first-order chi connectivity index (χ1) is 5.85. The third-order valence-electron chi connectivity index (χ3n) is 2.60. The molecule has 0 bridgehead atoms. The summed E-state index contributed by atoms with van der Waals surface area (Å²) in [5, 5.41) is 8.47. The van der Waals surface area contributed by atoms with Gasteiger partial charge in [-0.3, -0.25) is 0 Å². The molecule has 1 spiro atoms. The molecule has 12 heavy (non-hydrogen) atoms. The molecule has 3 nitrogen and oxygen atoms in total. The van der Waals surface area contributed by atoms with Crippen molar-refractivity contribution in [3.05, 3.63) is 0 Å². The van der Waals surface area contributed by atoms with Crippen molar-refractivity contribution in [2.45, 2.75) is 44.0 Å². The minimum absolute atomic E-state index is 0.0214. The fraction of sp³-hybridized carbons (Fsp3) is 0.889. The fourth-order valence-corrected chi connectivity index (χ4v) is 1.99. The van der Waals surface area contributed by atoms with Gasteiger partial charge in [-0.15, -0.1) is 0 Å². The van der Waals surface area contributed by atoms with Gasteiger partial charge in [0.15, 0.2) is 5.79 Å². The van der Waals surface area contributed by atoms with Crippen LogP contribution in [0.2, 0.25) is 0 Å². The van der Waals surface area contributed by atoms with Crippen LogP contribution in [0, 0.1) is 11.3 Å². The molecular weight excluding hydrogens is 154 g/mol. The predicted octanol–water partition coefficient (Wildman–Crippen LogP) is 1.59. The number of hydrogen-bond donors (Lipinski definition) is 0. The summed E-state index contributed by atoms with van der Waals surface area (Å²) in [7, 11) is 0. The third kappa shape index (κ3) is 1.33. The Bertz CT molecular complexity index is 203. The van der Waals surface area contributed by atoms with E-state index in [0.717, 1.165) is 12.8 Å². The Morgan fingerprint density at radius 1 is 1.42 bits per heavy atom. The van der Waals surface area contributed by atoms with Gasteiger partial charge in [-0.05, 0) is 12.8 Å². The highest BCUT2D eigenvalue weighted by atomic mass is 16.7. The number of rotatable bonds is 1. The Hall–Kier alpha value is -0.590. The number of nitrogens with zero attached hydrogens (tertiary/aromatic N) is 1. The van der Waals surface area contributed by atoms with Crippen molar-refractivity contribution in [3.63, 3.8) is 0 Å². The van der Waals surface area contributed by atoms with E-state index in [1.54, 1.807) is 0 Å². The van der Waals surface area contributed by atoms with Crippen molar-refractivity contribution in [1.29, 1.82) is 5.26 Å². The van der Waals surface area contributed by atoms with Crippen LogP contribution in [-0.2, 0) is 9.47 Å². The molecular formula is C9H13NO2. The van der Waals surface area contributed by atoms with Gasteiger partial charge in [0, 0.05) is 12.8 Å². The van der Waals surface area contributed by atoms with Crippen LogP contribution in [0.1, 0.15) is 32.1 Å². The maximum Gasteiger partial charge on any atom is 0.168 e. The Balaban J connectivity index is 1.93. The van der Waals surface area contributed by atoms with E-state index in [1.165, 1.54) is 12.8 Å². The molecule has 2 aliphatic rings. The topological polar surface area (TPSA) is 42.2 Å². The third-order valence-corrected chi connectivity index (χ3v) is 2.60. The van der Waals surface area contributed by atoms with Crippen LogP contribution in [0.5, 0.6) is 0 Å². The Labute approximate surface area is 72.3 Å². The van der Waals surface area contributed by atoms with Crippen molar-refractivity contribution < 1.29 is 9.47 Å². The molecule has 3 heteroatoms. The van der Waals surface area contributed by atoms with E-state index < -0.39 is 0 Å². The van der Waals surface area contributed by atoms with Crippen LogP contribution in [-0.4, -0.2) is 18.5 Å². The predicted molar refractivity (Wildman–Crippen MR) is 42.3 cm³/mol. The molecule has 1 saturated heterocycles. The summed E-state index contributed by atoms with van der Waals surface area (Å²) in [6, 6.07) is 2.11. The lowest BCUT2D eigenvalue weighted by molar-refractivity contribution is -0.161. The number of ether oxygens (including phenoxy) is 2. The van der Waals surface area contributed by atoms with Gasteiger partial charge in [-0.1, -0.05) is 0 Å². The van der Waals surface area contributed by atoms with Gasteiger partial charge in [0.1, 0.15) is 0 Å². The molecule has 0 aromatic carbocycles. The van der Waals surface area contributed by atoms with E-state index in [2.05, 4.69) is 6.07 Å². The molecule has 0 aromatic heterocycles. The molecule has 0 N–H and O–H groups in total. The van der Waals surface area contributed by atoms with Crippen LogP contribution < -0.4 is 0 Å². The first-order valence-corrected chi connectivity index (χ1v) is 4.53. The van der Waals surface area contributed by atoms with E-state index >= 15 is 0 Å². The summed E-state index contributed by atoms with van der Waals surface area (Å²) in [6.45, 7) is 0.605. The molecule has 0 radical (unpaired) electrons. The zero-order valence-corrected chi connectivity index (χ0v) is 7.08. The Morgan fingerprint density at radius 2 is 2.17 bits per heavy atom. The molecule has 1 atom stereocenters. The highest BCUT2D eigenvalue weighted by Crippen LogP contribution is 2.39. The fourth-order valence-electron chi connectivity index (χ4n) is 1.99. The van der Waals surface area contributed by atoms with Gasteiger partial charge >= 0.3 is 0 Å². The lowest BCUT2D eigenvalue weighted by Crippen LogP contribution is -2.26. The van der Waals surface area contributed by atoms with E-state index in [4.69, 9.17) is 14.7 Å². The van der Waals surface area contributed by atoms with Crippen molar-refractivity contribution in [1.82, 2.24) is 0 Å². The van der Waals surface area contributed by atoms with Crippen molar-refractivity contribution in [2.24, 2.45) is 0 Å². The zero-order chi connectivity index (χ0) is 8.44. The van der Waals surface area contributed by atoms with Crippen LogP contribution >= 0.6 is 0 Å². The van der Waals surface area contributed by atoms with Crippen LogP contribution in [0.15, 0.2) is 0 Å². The Morgan fingerprint density at radius 3 is 2.83 bits per heavy atom. The quantitative estimate of drug-likeness (QED) is 0.595. The normalized spacial score (nSPS) is 32.4. The SMILES string of the molecule is N#CCC1COC2(CCCC2)O1. The average molecular weight is 167 g/mol. The molecule has 1 aliphatic carbocycles. The van der Waals surface area contributed by atoms with E-state index in [0.29, 0.717) is 13.0 Å². The molecule has 0 aromatic rings. The second kappa shape index (κ2) is 3.04. The highest BCUT2D eigenvalue weighted by Gasteiger charge is 2.43. The summed E-state index contributed by atoms with van der Waals surface area (Å²) in [4.78, 5) is 0. The van der Waals surface area contributed by atoms with Gasteiger partial charge in [-0.25, -0.2) is 0 Å². The van der Waals surface area contributed by atoms with E-state index in [-0.39, 0.29) is 11.9 Å². The van der Waals surface area contributed by atoms with Crippen molar-refractivity contribution >= 4 is 0 Å². The van der Waals surface area contributed by atoms with Gasteiger partial charge in [0.2, 0.25) is 0 Å². The highest BCUT2D eigenvalue weighted by molar-refractivity contribution is 4.87. The maximum absolute atomic E-state index is 8.47. The standard InChI is InChI=1S/C9H13NO2/c10-6-3-8-7-11-9(12-8)4-1-2-5-9/h8H,1-5,7H2. The molecule has 2 fully saturated rings. The molecule has 66 valence electrons. The second-order valence-electron chi connectivity index (χ2n) is 3.53. The van der Waals surface area contributed by atoms with E-state index in [9.17, 15) is 0 Å². The van der Waals surface area contributed by atoms with Gasteiger partial charge < -0.3 is 9.47 Å². The Kier molecular flexibility index (Phi) is 2.03. The summed E-state index contributed by atoms with van der Waals surface area (Å²) in [5.74, 6) is -0.290. The van der Waals surface area contributed by atoms with Crippen molar-refractivity contribution in [2.75, 3.05) is 6.61 Å².